The van der Waals surface area contributed by atoms with E-state index in [1.807, 2.05) is 7.05 Å². The smallest absolute Gasteiger partial charge is 0.147 e. The Balaban J connectivity index is 1.83. The summed E-state index contributed by atoms with van der Waals surface area (Å²) >= 11 is 1.69. The normalized spacial score (nSPS) is 11.1. The molecular formula is C16H17N3S. The first-order valence-corrected chi connectivity index (χ1v) is 7.64. The lowest BCUT2D eigenvalue weighted by atomic mass is 10.1. The fraction of sp³-hybridized carbons (Fsp3) is 0.250. The quantitative estimate of drug-likeness (QED) is 0.728. The van der Waals surface area contributed by atoms with Crippen LogP contribution in [0.2, 0.25) is 0 Å². The van der Waals surface area contributed by atoms with Gasteiger partial charge in [-0.2, -0.15) is 0 Å². The predicted molar refractivity (Wildman–Crippen MR) is 85.1 cm³/mol. The molecule has 1 aromatic heterocycles. The lowest BCUT2D eigenvalue weighted by Crippen LogP contribution is -2.08. The first kappa shape index (κ1) is 13.2. The highest BCUT2D eigenvalue weighted by Gasteiger charge is 2.07. The molecule has 0 aliphatic rings. The highest BCUT2D eigenvalue weighted by atomic mass is 32.1. The Labute approximate surface area is 122 Å². The van der Waals surface area contributed by atoms with Gasteiger partial charge in [-0.1, -0.05) is 47.7 Å². The van der Waals surface area contributed by atoms with Crippen molar-refractivity contribution in [2.45, 2.75) is 12.8 Å². The standard InChI is InChI=1S/C16H17N3S/c1-17-10-4-7-15-18-19-16(20-15)14-9-8-12-5-2-3-6-13(12)11-14/h2-3,5-6,8-9,11,17H,4,7,10H2,1H3. The molecule has 0 aliphatic heterocycles. The van der Waals surface area contributed by atoms with Gasteiger partial charge in [0.25, 0.3) is 0 Å². The fourth-order valence-electron chi connectivity index (χ4n) is 2.21. The summed E-state index contributed by atoms with van der Waals surface area (Å²) in [5.74, 6) is 0. The molecule has 0 bridgehead atoms. The number of aromatic nitrogens is 2. The van der Waals surface area contributed by atoms with E-state index >= 15 is 0 Å². The Morgan fingerprint density at radius 3 is 2.75 bits per heavy atom. The number of nitrogens with zero attached hydrogens (tertiary/aromatic N) is 2. The van der Waals surface area contributed by atoms with Gasteiger partial charge in [-0.15, -0.1) is 10.2 Å². The zero-order valence-corrected chi connectivity index (χ0v) is 12.3. The van der Waals surface area contributed by atoms with E-state index in [0.29, 0.717) is 0 Å². The summed E-state index contributed by atoms with van der Waals surface area (Å²) < 4.78 is 0. The Bertz CT molecular complexity index is 706. The molecular weight excluding hydrogens is 266 g/mol. The summed E-state index contributed by atoms with van der Waals surface area (Å²) in [7, 11) is 1.97. The van der Waals surface area contributed by atoms with E-state index in [1.165, 1.54) is 10.8 Å². The van der Waals surface area contributed by atoms with Crippen LogP contribution in [-0.4, -0.2) is 23.8 Å². The maximum absolute atomic E-state index is 4.32. The van der Waals surface area contributed by atoms with Crippen LogP contribution in [0, 0.1) is 0 Å². The van der Waals surface area contributed by atoms with Gasteiger partial charge in [0.1, 0.15) is 10.0 Å². The summed E-state index contributed by atoms with van der Waals surface area (Å²) in [4.78, 5) is 0. The molecule has 0 fully saturated rings. The van der Waals surface area contributed by atoms with Crippen molar-refractivity contribution < 1.29 is 0 Å². The van der Waals surface area contributed by atoms with Crippen molar-refractivity contribution in [3.05, 3.63) is 47.5 Å². The first-order valence-electron chi connectivity index (χ1n) is 6.83. The van der Waals surface area contributed by atoms with E-state index in [9.17, 15) is 0 Å². The summed E-state index contributed by atoms with van der Waals surface area (Å²) in [5.41, 5.74) is 1.15. The minimum Gasteiger partial charge on any atom is -0.320 e. The zero-order chi connectivity index (χ0) is 13.8. The van der Waals surface area contributed by atoms with Gasteiger partial charge in [-0.05, 0) is 36.9 Å². The Morgan fingerprint density at radius 2 is 1.90 bits per heavy atom. The van der Waals surface area contributed by atoms with Gasteiger partial charge >= 0.3 is 0 Å². The number of fused-ring (bicyclic) bond motifs is 1. The van der Waals surface area contributed by atoms with Crippen LogP contribution >= 0.6 is 11.3 Å². The SMILES string of the molecule is CNCCCc1nnc(-c2ccc3ccccc3c2)s1. The second-order valence-corrected chi connectivity index (χ2v) is 5.83. The van der Waals surface area contributed by atoms with Gasteiger partial charge in [0.2, 0.25) is 0 Å². The molecule has 0 amide bonds. The minimum absolute atomic E-state index is 0.992. The number of benzene rings is 2. The second kappa shape index (κ2) is 6.11. The number of nitrogens with one attached hydrogen (secondary N) is 1. The molecule has 0 radical (unpaired) electrons. The molecule has 102 valence electrons. The maximum atomic E-state index is 4.32. The average molecular weight is 283 g/mol. The molecule has 0 spiro atoms. The number of hydrogen-bond donors (Lipinski definition) is 1. The van der Waals surface area contributed by atoms with Crippen LogP contribution < -0.4 is 5.32 Å². The molecule has 2 aromatic carbocycles. The number of hydrogen-bond acceptors (Lipinski definition) is 4. The third-order valence-electron chi connectivity index (χ3n) is 3.28. The van der Waals surface area contributed by atoms with E-state index < -0.39 is 0 Å². The molecule has 0 saturated heterocycles. The zero-order valence-electron chi connectivity index (χ0n) is 11.5. The number of aryl methyl sites for hydroxylation is 1. The van der Waals surface area contributed by atoms with E-state index in [4.69, 9.17) is 0 Å². The van der Waals surface area contributed by atoms with E-state index in [-0.39, 0.29) is 0 Å². The van der Waals surface area contributed by atoms with Crippen molar-refractivity contribution in [2.24, 2.45) is 0 Å². The lowest BCUT2D eigenvalue weighted by molar-refractivity contribution is 0.718. The molecule has 0 saturated carbocycles. The van der Waals surface area contributed by atoms with Crippen LogP contribution in [0.25, 0.3) is 21.3 Å². The largest absolute Gasteiger partial charge is 0.320 e. The summed E-state index contributed by atoms with van der Waals surface area (Å²) in [6.45, 7) is 1.02. The minimum atomic E-state index is 0.992. The van der Waals surface area contributed by atoms with Gasteiger partial charge in [0, 0.05) is 12.0 Å². The Hall–Kier alpha value is -1.78. The van der Waals surface area contributed by atoms with Crippen molar-refractivity contribution in [1.82, 2.24) is 15.5 Å². The van der Waals surface area contributed by atoms with Crippen molar-refractivity contribution in [2.75, 3.05) is 13.6 Å². The van der Waals surface area contributed by atoms with Crippen molar-refractivity contribution in [3.8, 4) is 10.6 Å². The fourth-order valence-corrected chi connectivity index (χ4v) is 3.09. The Kier molecular flexibility index (Phi) is 4.04. The Morgan fingerprint density at radius 1 is 1.05 bits per heavy atom. The molecule has 0 aliphatic carbocycles. The molecule has 20 heavy (non-hydrogen) atoms. The molecule has 1 heterocycles. The molecule has 0 atom stereocenters. The maximum Gasteiger partial charge on any atom is 0.147 e. The van der Waals surface area contributed by atoms with E-state index in [2.05, 4.69) is 58.0 Å². The molecule has 3 nitrogen and oxygen atoms in total. The predicted octanol–water partition coefficient (Wildman–Crippen LogP) is 3.51. The number of rotatable bonds is 5. The van der Waals surface area contributed by atoms with Crippen LogP contribution in [0.3, 0.4) is 0 Å². The van der Waals surface area contributed by atoms with Crippen molar-refractivity contribution in [1.29, 1.82) is 0 Å². The van der Waals surface area contributed by atoms with Gasteiger partial charge in [0.05, 0.1) is 0 Å². The second-order valence-electron chi connectivity index (χ2n) is 4.77. The van der Waals surface area contributed by atoms with Crippen LogP contribution in [0.1, 0.15) is 11.4 Å². The van der Waals surface area contributed by atoms with Crippen molar-refractivity contribution in [3.63, 3.8) is 0 Å². The van der Waals surface area contributed by atoms with Crippen LogP contribution in [0.5, 0.6) is 0 Å². The molecule has 1 N–H and O–H groups in total. The summed E-state index contributed by atoms with van der Waals surface area (Å²) in [5, 5.41) is 16.4. The highest BCUT2D eigenvalue weighted by molar-refractivity contribution is 7.14. The topological polar surface area (TPSA) is 37.8 Å². The van der Waals surface area contributed by atoms with Gasteiger partial charge < -0.3 is 5.32 Å². The average Bonchev–Trinajstić information content (AvgIpc) is 2.96. The van der Waals surface area contributed by atoms with Crippen LogP contribution in [-0.2, 0) is 6.42 Å². The van der Waals surface area contributed by atoms with Gasteiger partial charge in [-0.3, -0.25) is 0 Å². The molecule has 0 unspecified atom stereocenters. The molecule has 3 rings (SSSR count). The summed E-state index contributed by atoms with van der Waals surface area (Å²) in [6.07, 6.45) is 2.09. The monoisotopic (exact) mass is 283 g/mol. The lowest BCUT2D eigenvalue weighted by Gasteiger charge is -1.99. The first-order chi connectivity index (χ1) is 9.86. The van der Waals surface area contributed by atoms with Gasteiger partial charge in [-0.25, -0.2) is 0 Å². The third kappa shape index (κ3) is 2.86. The van der Waals surface area contributed by atoms with E-state index in [1.54, 1.807) is 11.3 Å². The van der Waals surface area contributed by atoms with Crippen LogP contribution in [0.4, 0.5) is 0 Å². The van der Waals surface area contributed by atoms with Gasteiger partial charge in [0.15, 0.2) is 0 Å². The van der Waals surface area contributed by atoms with Crippen LogP contribution in [0.15, 0.2) is 42.5 Å². The molecule has 4 heteroatoms. The van der Waals surface area contributed by atoms with E-state index in [0.717, 1.165) is 35.0 Å². The molecule has 3 aromatic rings. The summed E-state index contributed by atoms with van der Waals surface area (Å²) in [6, 6.07) is 14.8. The third-order valence-corrected chi connectivity index (χ3v) is 4.31. The highest BCUT2D eigenvalue weighted by Crippen LogP contribution is 2.27. The van der Waals surface area contributed by atoms with Crippen molar-refractivity contribution >= 4 is 22.1 Å².